The van der Waals surface area contributed by atoms with Crippen LogP contribution < -0.4 is 0 Å². The first-order valence-electron chi connectivity index (χ1n) is 27.3. The van der Waals surface area contributed by atoms with Gasteiger partial charge in [-0.2, -0.15) is 0 Å². The molecular weight excluding hydrogens is 983 g/mol. The number of rotatable bonds is 11. The highest BCUT2D eigenvalue weighted by Crippen LogP contribution is 2.39. The highest BCUT2D eigenvalue weighted by Gasteiger charge is 2.53. The molecular formula is C58H89NO17. The Balaban J connectivity index is 1.68. The number of ketones is 3. The first kappa shape index (κ1) is 64.1. The Morgan fingerprint density at radius 3 is 2.24 bits per heavy atom. The fraction of sp³-hybridized carbons (Fsp3) is 0.741. The zero-order chi connectivity index (χ0) is 56.7. The van der Waals surface area contributed by atoms with Crippen LogP contribution >= 0.6 is 0 Å². The fourth-order valence-corrected chi connectivity index (χ4v) is 10.9. The number of hydrogen-bond donors (Lipinski definition) is 3. The van der Waals surface area contributed by atoms with E-state index in [9.17, 15) is 48.9 Å². The van der Waals surface area contributed by atoms with Crippen LogP contribution in [0.5, 0.6) is 0 Å². The number of cyclic esters (lactones) is 1. The number of ether oxygens (including phenoxy) is 7. The number of Topliss-reactive ketones (excluding diaryl/α,β-unsaturated/α-hetero) is 3. The molecule has 2 bridgehead atoms. The maximum absolute atomic E-state index is 14.6. The first-order valence-corrected chi connectivity index (χ1v) is 27.3. The van der Waals surface area contributed by atoms with Crippen LogP contribution in [0.4, 0.5) is 0 Å². The maximum Gasteiger partial charge on any atom is 0.329 e. The molecule has 1 saturated carbocycles. The molecule has 4 aliphatic rings. The monoisotopic (exact) mass is 1070 g/mol. The van der Waals surface area contributed by atoms with E-state index in [1.165, 1.54) is 28.1 Å². The molecule has 3 N–H and O–H groups in total. The van der Waals surface area contributed by atoms with Crippen molar-refractivity contribution in [3.8, 4) is 0 Å². The minimum Gasteiger partial charge on any atom is -0.465 e. The van der Waals surface area contributed by atoms with Gasteiger partial charge in [0, 0.05) is 65.4 Å². The molecule has 1 aliphatic carbocycles. The van der Waals surface area contributed by atoms with Crippen LogP contribution in [0.1, 0.15) is 139 Å². The van der Waals surface area contributed by atoms with Gasteiger partial charge < -0.3 is 53.4 Å². The fourth-order valence-electron chi connectivity index (χ4n) is 10.9. The van der Waals surface area contributed by atoms with E-state index in [1.807, 2.05) is 51.2 Å². The molecule has 1 amide bonds. The molecule has 4 rings (SSSR count). The van der Waals surface area contributed by atoms with Gasteiger partial charge in [-0.1, -0.05) is 71.1 Å². The molecule has 428 valence electrons. The lowest BCUT2D eigenvalue weighted by Gasteiger charge is -2.42. The lowest BCUT2D eigenvalue weighted by atomic mass is 9.78. The Bertz CT molecular complexity index is 2130. The van der Waals surface area contributed by atoms with Gasteiger partial charge in [0.15, 0.2) is 5.78 Å². The quantitative estimate of drug-likeness (QED) is 0.0890. The van der Waals surface area contributed by atoms with Gasteiger partial charge in [-0.05, 0) is 114 Å². The van der Waals surface area contributed by atoms with Gasteiger partial charge in [-0.25, -0.2) is 4.79 Å². The van der Waals surface area contributed by atoms with E-state index in [0.29, 0.717) is 63.4 Å². The maximum atomic E-state index is 14.6. The summed E-state index contributed by atoms with van der Waals surface area (Å²) < 4.78 is 40.7. The standard InChI is InChI=1S/C58H89NO17/c1-34-18-14-13-15-19-35(2)47(70-10)30-43-23-21-40(7)58(69,76-43)53(65)54(66)59-25-17-16-20-44(59)55(67)74-48(31-45(62)36(3)27-39(6)51(64)52(72-12)50(63)38(5)26-34)37(4)28-42-22-24-46(49(29-42)71-11)75-56(68)57(9,32-60)33-73-41(8)61/h13-15,18-19,27,34,36-38,40,42-44,46-49,51-52,60,64,69H,16-17,20-26,28-33H2,1-12H3/b15-13+,18-14+,35-19+,39-27+/t34-,36-,37-,38-,40-,42+,43+,44+,46-,47+,48+,49-,51-,52+,57?,58-/m1/s1. The van der Waals surface area contributed by atoms with Gasteiger partial charge in [0.05, 0.1) is 24.9 Å². The second-order valence-electron chi connectivity index (χ2n) is 22.5. The van der Waals surface area contributed by atoms with Crippen molar-refractivity contribution in [3.05, 3.63) is 47.6 Å². The summed E-state index contributed by atoms with van der Waals surface area (Å²) >= 11 is 0. The second kappa shape index (κ2) is 29.5. The van der Waals surface area contributed by atoms with Gasteiger partial charge in [-0.15, -0.1) is 0 Å². The van der Waals surface area contributed by atoms with Crippen LogP contribution in [0.25, 0.3) is 0 Å². The van der Waals surface area contributed by atoms with Crippen molar-refractivity contribution in [2.75, 3.05) is 41.1 Å². The summed E-state index contributed by atoms with van der Waals surface area (Å²) in [7, 11) is 4.42. The number of allylic oxidation sites excluding steroid dienone is 6. The van der Waals surface area contributed by atoms with E-state index in [1.54, 1.807) is 40.9 Å². The minimum absolute atomic E-state index is 0.0130. The topological polar surface area (TPSA) is 248 Å². The molecule has 0 aromatic rings. The van der Waals surface area contributed by atoms with Crippen LogP contribution in [-0.2, 0) is 66.7 Å². The molecule has 18 heteroatoms. The molecule has 76 heavy (non-hydrogen) atoms. The molecule has 16 atom stereocenters. The number of aliphatic hydroxyl groups is 3. The molecule has 2 saturated heterocycles. The average Bonchev–Trinajstić information content (AvgIpc) is 3.39. The molecule has 0 aromatic heterocycles. The van der Waals surface area contributed by atoms with Crippen molar-refractivity contribution in [1.29, 1.82) is 0 Å². The SMILES string of the molecule is CO[C@H]1C[C@@H]2CC[C@@H](C)[C@@](O)(O2)C(=O)C(=O)N2CCCC[C@H]2C(=O)O[C@H]([C@H](C)C[C@@H]2CC[C@@H](OC(=O)C(C)(CO)COC(C)=O)[C@H](OC)C2)CC(=O)[C@H](C)/C=C(\C)[C@@H](O)[C@@H](OC)C(=O)[C@H](C)C[C@H](C)/C=C/C=C/C=C/1C. The molecule has 1 unspecified atom stereocenters. The van der Waals surface area contributed by atoms with Gasteiger partial charge in [0.25, 0.3) is 11.7 Å². The Labute approximate surface area is 450 Å². The van der Waals surface area contributed by atoms with E-state index in [4.69, 9.17) is 33.2 Å². The molecule has 3 heterocycles. The summed E-state index contributed by atoms with van der Waals surface area (Å²) in [6, 6.07) is -1.21. The molecule has 0 aromatic carbocycles. The Morgan fingerprint density at radius 2 is 1.59 bits per heavy atom. The van der Waals surface area contributed by atoms with Crippen LogP contribution in [-0.4, -0.2) is 157 Å². The molecule has 0 spiro atoms. The molecule has 0 radical (unpaired) electrons. The smallest absolute Gasteiger partial charge is 0.329 e. The van der Waals surface area contributed by atoms with Crippen molar-refractivity contribution in [1.82, 2.24) is 4.90 Å². The lowest BCUT2D eigenvalue weighted by molar-refractivity contribution is -0.265. The second-order valence-corrected chi connectivity index (χ2v) is 22.5. The summed E-state index contributed by atoms with van der Waals surface area (Å²) in [5, 5.41) is 33.6. The van der Waals surface area contributed by atoms with Gasteiger partial charge >= 0.3 is 17.9 Å². The van der Waals surface area contributed by atoms with Crippen molar-refractivity contribution < 1.29 is 82.0 Å². The number of carbonyl (C=O) groups excluding carboxylic acids is 7. The van der Waals surface area contributed by atoms with Crippen molar-refractivity contribution in [2.45, 2.75) is 194 Å². The molecule has 18 nitrogen and oxygen atoms in total. The highest BCUT2D eigenvalue weighted by molar-refractivity contribution is 6.39. The first-order chi connectivity index (χ1) is 35.8. The Morgan fingerprint density at radius 1 is 0.882 bits per heavy atom. The van der Waals surface area contributed by atoms with E-state index < -0.39 is 120 Å². The summed E-state index contributed by atoms with van der Waals surface area (Å²) in [5.41, 5.74) is -0.297. The third kappa shape index (κ3) is 17.0. The van der Waals surface area contributed by atoms with Crippen molar-refractivity contribution in [3.63, 3.8) is 0 Å². The summed E-state index contributed by atoms with van der Waals surface area (Å²) in [6.45, 7) is 14.2. The number of amides is 1. The molecule has 3 fully saturated rings. The van der Waals surface area contributed by atoms with Crippen LogP contribution in [0.15, 0.2) is 47.6 Å². The number of hydrogen-bond acceptors (Lipinski definition) is 17. The largest absolute Gasteiger partial charge is 0.465 e. The zero-order valence-electron chi connectivity index (χ0n) is 47.2. The van der Waals surface area contributed by atoms with Crippen LogP contribution in [0.3, 0.4) is 0 Å². The average molecular weight is 1070 g/mol. The Kier molecular flexibility index (Phi) is 24.9. The van der Waals surface area contributed by atoms with Crippen molar-refractivity contribution >= 4 is 41.2 Å². The van der Waals surface area contributed by atoms with Gasteiger partial charge in [0.1, 0.15) is 48.3 Å². The van der Waals surface area contributed by atoms with E-state index in [-0.39, 0.29) is 55.8 Å². The predicted octanol–water partition coefficient (Wildman–Crippen LogP) is 6.29. The number of aliphatic hydroxyl groups excluding tert-OH is 2. The summed E-state index contributed by atoms with van der Waals surface area (Å²) in [4.78, 5) is 97.4. The number of esters is 3. The van der Waals surface area contributed by atoms with Gasteiger partial charge in [0.2, 0.25) is 5.79 Å². The predicted molar refractivity (Wildman–Crippen MR) is 281 cm³/mol. The normalized spacial score (nSPS) is 37.0. The number of carbonyl (C=O) groups is 7. The minimum atomic E-state index is -2.48. The molecule has 3 aliphatic heterocycles. The highest BCUT2D eigenvalue weighted by atomic mass is 16.6. The number of methoxy groups -OCH3 is 3. The third-order valence-corrected chi connectivity index (χ3v) is 16.1. The van der Waals surface area contributed by atoms with Crippen molar-refractivity contribution in [2.24, 2.45) is 40.9 Å². The Hall–Kier alpha value is -4.43. The number of fused-ring (bicyclic) bond motifs is 3. The van der Waals surface area contributed by atoms with E-state index in [0.717, 1.165) is 10.5 Å². The van der Waals surface area contributed by atoms with Gasteiger partial charge in [-0.3, -0.25) is 28.8 Å². The van der Waals surface area contributed by atoms with E-state index in [2.05, 4.69) is 0 Å². The summed E-state index contributed by atoms with van der Waals surface area (Å²) in [5.74, 6) is -10.1. The van der Waals surface area contributed by atoms with Crippen LogP contribution in [0.2, 0.25) is 0 Å². The third-order valence-electron chi connectivity index (χ3n) is 16.1. The lowest BCUT2D eigenvalue weighted by Crippen LogP contribution is -2.61. The van der Waals surface area contributed by atoms with Crippen LogP contribution in [0, 0.1) is 40.9 Å². The number of nitrogens with zero attached hydrogens (tertiary/aromatic N) is 1. The van der Waals surface area contributed by atoms with E-state index >= 15 is 0 Å². The zero-order valence-corrected chi connectivity index (χ0v) is 47.2. The summed E-state index contributed by atoms with van der Waals surface area (Å²) in [6.07, 6.45) is 9.48. The number of piperidine rings is 1.